The molecule has 0 heterocycles. The molecule has 0 unspecified atom stereocenters. The highest BCUT2D eigenvalue weighted by Gasteiger charge is 2.08. The zero-order valence-corrected chi connectivity index (χ0v) is 11.3. The van der Waals surface area contributed by atoms with Crippen LogP contribution in [0.25, 0.3) is 0 Å². The van der Waals surface area contributed by atoms with Crippen molar-refractivity contribution in [2.75, 3.05) is 13.2 Å². The van der Waals surface area contributed by atoms with Crippen molar-refractivity contribution in [1.82, 2.24) is 0 Å². The number of halogens is 2. The topological polar surface area (TPSA) is 35.5 Å². The third kappa shape index (κ3) is 4.10. The molecule has 0 saturated heterocycles. The maximum Gasteiger partial charge on any atom is 0.344 e. The number of carbonyl (C=O) groups excluding carboxylic acids is 1. The van der Waals surface area contributed by atoms with Gasteiger partial charge in [0.2, 0.25) is 0 Å². The SMILES string of the molecule is CCOC(=O)COc1cc(C)c(CCl)c(Cl)c1. The average Bonchev–Trinajstić information content (AvgIpc) is 2.26. The number of carbonyl (C=O) groups is 1. The fourth-order valence-corrected chi connectivity index (χ4v) is 2.09. The summed E-state index contributed by atoms with van der Waals surface area (Å²) in [7, 11) is 0. The summed E-state index contributed by atoms with van der Waals surface area (Å²) >= 11 is 11.8. The van der Waals surface area contributed by atoms with Gasteiger partial charge in [0.1, 0.15) is 5.75 Å². The van der Waals surface area contributed by atoms with Gasteiger partial charge in [0.05, 0.1) is 6.61 Å². The Morgan fingerprint density at radius 2 is 2.12 bits per heavy atom. The predicted octanol–water partition coefficient (Wildman–Crippen LogP) is 3.33. The quantitative estimate of drug-likeness (QED) is 0.611. The number of esters is 1. The summed E-state index contributed by atoms with van der Waals surface area (Å²) < 4.78 is 10.0. The van der Waals surface area contributed by atoms with Gasteiger partial charge in [-0.3, -0.25) is 0 Å². The molecular weight excluding hydrogens is 263 g/mol. The van der Waals surface area contributed by atoms with E-state index in [1.54, 1.807) is 19.1 Å². The van der Waals surface area contributed by atoms with E-state index in [0.29, 0.717) is 23.3 Å². The molecule has 5 heteroatoms. The van der Waals surface area contributed by atoms with Crippen molar-refractivity contribution in [2.45, 2.75) is 19.7 Å². The first-order chi connectivity index (χ1) is 8.08. The van der Waals surface area contributed by atoms with Gasteiger partial charge in [-0.25, -0.2) is 4.79 Å². The van der Waals surface area contributed by atoms with Gasteiger partial charge in [-0.15, -0.1) is 11.6 Å². The minimum absolute atomic E-state index is 0.121. The fourth-order valence-electron chi connectivity index (χ4n) is 1.34. The molecule has 1 aromatic carbocycles. The molecule has 0 atom stereocenters. The van der Waals surface area contributed by atoms with Crippen LogP contribution in [0.3, 0.4) is 0 Å². The second-order valence-electron chi connectivity index (χ2n) is 3.43. The Bertz CT molecular complexity index is 382. The normalized spacial score (nSPS) is 10.1. The Labute approximate surface area is 111 Å². The van der Waals surface area contributed by atoms with Gasteiger partial charge < -0.3 is 9.47 Å². The number of rotatable bonds is 5. The smallest absolute Gasteiger partial charge is 0.344 e. The van der Waals surface area contributed by atoms with Gasteiger partial charge in [-0.2, -0.15) is 0 Å². The zero-order valence-electron chi connectivity index (χ0n) is 9.76. The summed E-state index contributed by atoms with van der Waals surface area (Å²) in [6, 6.07) is 3.44. The number of aryl methyl sites for hydroxylation is 1. The Kier molecular flexibility index (Phi) is 5.59. The lowest BCUT2D eigenvalue weighted by molar-refractivity contribution is -0.145. The molecule has 94 valence electrons. The van der Waals surface area contributed by atoms with E-state index in [4.69, 9.17) is 32.7 Å². The Hall–Kier alpha value is -0.930. The van der Waals surface area contributed by atoms with Crippen molar-refractivity contribution in [2.24, 2.45) is 0 Å². The highest BCUT2D eigenvalue weighted by molar-refractivity contribution is 6.32. The van der Waals surface area contributed by atoms with Crippen LogP contribution >= 0.6 is 23.2 Å². The third-order valence-electron chi connectivity index (χ3n) is 2.19. The highest BCUT2D eigenvalue weighted by Crippen LogP contribution is 2.27. The fraction of sp³-hybridized carbons (Fsp3) is 0.417. The van der Waals surface area contributed by atoms with E-state index < -0.39 is 5.97 Å². The van der Waals surface area contributed by atoms with Crippen LogP contribution in [0.1, 0.15) is 18.1 Å². The molecule has 0 radical (unpaired) electrons. The van der Waals surface area contributed by atoms with Crippen molar-refractivity contribution in [3.8, 4) is 5.75 Å². The van der Waals surface area contributed by atoms with Crippen molar-refractivity contribution >= 4 is 29.2 Å². The van der Waals surface area contributed by atoms with E-state index >= 15 is 0 Å². The first-order valence-electron chi connectivity index (χ1n) is 5.21. The van der Waals surface area contributed by atoms with Crippen molar-refractivity contribution in [3.05, 3.63) is 28.3 Å². The Balaban J connectivity index is 2.70. The molecular formula is C12H14Cl2O3. The first kappa shape index (κ1) is 14.1. The standard InChI is InChI=1S/C12H14Cl2O3/c1-3-16-12(15)7-17-9-4-8(2)10(6-13)11(14)5-9/h4-5H,3,6-7H2,1-2H3. The number of benzene rings is 1. The summed E-state index contributed by atoms with van der Waals surface area (Å²) in [5, 5.41) is 0.541. The second kappa shape index (κ2) is 6.72. The van der Waals surface area contributed by atoms with Crippen LogP contribution in [0.15, 0.2) is 12.1 Å². The van der Waals surface area contributed by atoms with Gasteiger partial charge in [-0.1, -0.05) is 11.6 Å². The van der Waals surface area contributed by atoms with Crippen LogP contribution in [-0.2, 0) is 15.4 Å². The lowest BCUT2D eigenvalue weighted by Crippen LogP contribution is -2.14. The molecule has 0 aliphatic heterocycles. The van der Waals surface area contributed by atoms with Crippen LogP contribution in [0.4, 0.5) is 0 Å². The molecule has 0 fully saturated rings. The van der Waals surface area contributed by atoms with Gasteiger partial charge in [-0.05, 0) is 37.1 Å². The lowest BCUT2D eigenvalue weighted by atomic mass is 10.1. The van der Waals surface area contributed by atoms with Crippen LogP contribution in [-0.4, -0.2) is 19.2 Å². The summed E-state index contributed by atoms with van der Waals surface area (Å²) in [5.74, 6) is 0.486. The molecule has 17 heavy (non-hydrogen) atoms. The molecule has 0 aliphatic carbocycles. The van der Waals surface area contributed by atoms with Gasteiger partial charge >= 0.3 is 5.97 Å². The summed E-state index contributed by atoms with van der Waals surface area (Å²) in [6.45, 7) is 3.85. The monoisotopic (exact) mass is 276 g/mol. The number of hydrogen-bond donors (Lipinski definition) is 0. The van der Waals surface area contributed by atoms with Gasteiger partial charge in [0.15, 0.2) is 6.61 Å². The van der Waals surface area contributed by atoms with E-state index in [2.05, 4.69) is 0 Å². The van der Waals surface area contributed by atoms with E-state index in [9.17, 15) is 4.79 Å². The maximum absolute atomic E-state index is 11.1. The van der Waals surface area contributed by atoms with Gasteiger partial charge in [0, 0.05) is 10.9 Å². The molecule has 0 saturated carbocycles. The second-order valence-corrected chi connectivity index (χ2v) is 4.10. The number of hydrogen-bond acceptors (Lipinski definition) is 3. The Morgan fingerprint density at radius 1 is 1.41 bits per heavy atom. The summed E-state index contributed by atoms with van der Waals surface area (Å²) in [5.41, 5.74) is 1.81. The first-order valence-corrected chi connectivity index (χ1v) is 6.13. The van der Waals surface area contributed by atoms with Crippen molar-refractivity contribution in [3.63, 3.8) is 0 Å². The van der Waals surface area contributed by atoms with E-state index in [1.807, 2.05) is 6.92 Å². The largest absolute Gasteiger partial charge is 0.482 e. The van der Waals surface area contributed by atoms with Crippen molar-refractivity contribution in [1.29, 1.82) is 0 Å². The van der Waals surface area contributed by atoms with E-state index in [1.165, 1.54) is 0 Å². The van der Waals surface area contributed by atoms with Crippen molar-refractivity contribution < 1.29 is 14.3 Å². The third-order valence-corrected chi connectivity index (χ3v) is 2.79. The maximum atomic E-state index is 11.1. The molecule has 0 N–H and O–H groups in total. The number of ether oxygens (including phenoxy) is 2. The van der Waals surface area contributed by atoms with Gasteiger partial charge in [0.25, 0.3) is 0 Å². The Morgan fingerprint density at radius 3 is 2.65 bits per heavy atom. The van der Waals surface area contributed by atoms with Crippen LogP contribution < -0.4 is 4.74 Å². The summed E-state index contributed by atoms with van der Waals surface area (Å²) in [4.78, 5) is 11.1. The minimum atomic E-state index is -0.400. The molecule has 0 aromatic heterocycles. The van der Waals surface area contributed by atoms with Crippen LogP contribution in [0, 0.1) is 6.92 Å². The molecule has 0 spiro atoms. The van der Waals surface area contributed by atoms with Crippen LogP contribution in [0.5, 0.6) is 5.75 Å². The molecule has 3 nitrogen and oxygen atoms in total. The van der Waals surface area contributed by atoms with E-state index in [0.717, 1.165) is 11.1 Å². The predicted molar refractivity (Wildman–Crippen MR) is 67.9 cm³/mol. The molecule has 1 aromatic rings. The van der Waals surface area contributed by atoms with E-state index in [-0.39, 0.29) is 6.61 Å². The number of alkyl halides is 1. The highest BCUT2D eigenvalue weighted by atomic mass is 35.5. The summed E-state index contributed by atoms with van der Waals surface area (Å²) in [6.07, 6.45) is 0. The molecule has 1 rings (SSSR count). The lowest BCUT2D eigenvalue weighted by Gasteiger charge is -2.10. The minimum Gasteiger partial charge on any atom is -0.482 e. The average molecular weight is 277 g/mol. The molecule has 0 amide bonds. The van der Waals surface area contributed by atoms with Crippen LogP contribution in [0.2, 0.25) is 5.02 Å². The molecule has 0 aliphatic rings. The molecule has 0 bridgehead atoms. The zero-order chi connectivity index (χ0) is 12.8.